The maximum Gasteiger partial charge on any atom is 0.273 e. The molecule has 2 amide bonds. The van der Waals surface area contributed by atoms with Gasteiger partial charge in [0.2, 0.25) is 0 Å². The molecule has 0 aromatic heterocycles. The van der Waals surface area contributed by atoms with Gasteiger partial charge >= 0.3 is 0 Å². The average molecular weight is 326 g/mol. The highest BCUT2D eigenvalue weighted by atomic mass is 35.5. The Morgan fingerprint density at radius 3 is 2.50 bits per heavy atom. The van der Waals surface area contributed by atoms with Crippen LogP contribution >= 0.6 is 35.6 Å². The van der Waals surface area contributed by atoms with Crippen LogP contribution in [0.4, 0.5) is 0 Å². The van der Waals surface area contributed by atoms with Gasteiger partial charge in [-0.05, 0) is 37.6 Å². The molecule has 2 rings (SSSR count). The number of allylic oxidation sites excluding steroid dienone is 1. The number of halogens is 1. The van der Waals surface area contributed by atoms with Crippen LogP contribution in [0.25, 0.3) is 0 Å². The van der Waals surface area contributed by atoms with Crippen molar-refractivity contribution in [1.82, 2.24) is 4.90 Å². The molecule has 0 radical (unpaired) electrons. The highest BCUT2D eigenvalue weighted by Gasteiger charge is 2.38. The number of carbonyl (C=O) groups is 2. The zero-order valence-electron chi connectivity index (χ0n) is 11.0. The van der Waals surface area contributed by atoms with Crippen molar-refractivity contribution in [2.24, 2.45) is 0 Å². The summed E-state index contributed by atoms with van der Waals surface area (Å²) in [6.45, 7) is 3.84. The molecule has 1 saturated heterocycles. The summed E-state index contributed by atoms with van der Waals surface area (Å²) in [7, 11) is 0. The van der Waals surface area contributed by atoms with Crippen molar-refractivity contribution in [3.05, 3.63) is 45.3 Å². The lowest BCUT2D eigenvalue weighted by molar-refractivity contribution is -0.120. The molecule has 0 bridgehead atoms. The summed E-state index contributed by atoms with van der Waals surface area (Å²) in [6, 6.07) is 6.39. The zero-order valence-corrected chi connectivity index (χ0v) is 13.4. The fourth-order valence-electron chi connectivity index (χ4n) is 1.69. The van der Waals surface area contributed by atoms with Gasteiger partial charge in [0.25, 0.3) is 11.8 Å². The first-order chi connectivity index (χ1) is 9.45. The number of imide groups is 1. The maximum atomic E-state index is 12.4. The topological polar surface area (TPSA) is 37.4 Å². The van der Waals surface area contributed by atoms with Crippen LogP contribution in [-0.2, 0) is 4.79 Å². The molecule has 0 atom stereocenters. The molecule has 0 unspecified atom stereocenters. The second-order valence-electron chi connectivity index (χ2n) is 4.28. The Hall–Kier alpha value is -1.17. The van der Waals surface area contributed by atoms with E-state index in [0.29, 0.717) is 15.5 Å². The highest BCUT2D eigenvalue weighted by molar-refractivity contribution is 8.26. The Labute approximate surface area is 132 Å². The van der Waals surface area contributed by atoms with E-state index in [0.717, 1.165) is 16.9 Å². The molecule has 20 heavy (non-hydrogen) atoms. The molecule has 1 aliphatic heterocycles. The van der Waals surface area contributed by atoms with Crippen molar-refractivity contribution in [3.63, 3.8) is 0 Å². The molecule has 1 aromatic carbocycles. The Morgan fingerprint density at radius 1 is 1.35 bits per heavy atom. The Balaban J connectivity index is 2.34. The number of hydrogen-bond acceptors (Lipinski definition) is 4. The molecule has 0 spiro atoms. The van der Waals surface area contributed by atoms with Crippen LogP contribution in [0.15, 0.2) is 34.7 Å². The van der Waals surface area contributed by atoms with E-state index in [1.165, 1.54) is 11.8 Å². The SMILES string of the molecule is CCC(C)=C1SC(=S)N(C(=O)c2ccc(Cl)cc2)C1=O. The lowest BCUT2D eigenvalue weighted by Gasteiger charge is -2.12. The van der Waals surface area contributed by atoms with Crippen molar-refractivity contribution in [2.75, 3.05) is 0 Å². The van der Waals surface area contributed by atoms with Crippen molar-refractivity contribution in [2.45, 2.75) is 20.3 Å². The van der Waals surface area contributed by atoms with Gasteiger partial charge < -0.3 is 0 Å². The number of rotatable bonds is 2. The first kappa shape index (κ1) is 15.2. The number of thiocarbonyl (C=S) groups is 1. The first-order valence-corrected chi connectivity index (χ1v) is 7.62. The van der Waals surface area contributed by atoms with Crippen LogP contribution in [0.5, 0.6) is 0 Å². The van der Waals surface area contributed by atoms with Gasteiger partial charge in [-0.2, -0.15) is 0 Å². The van der Waals surface area contributed by atoms with E-state index in [4.69, 9.17) is 23.8 Å². The summed E-state index contributed by atoms with van der Waals surface area (Å²) in [5.74, 6) is -0.748. The molecule has 1 fully saturated rings. The lowest BCUT2D eigenvalue weighted by Crippen LogP contribution is -2.34. The van der Waals surface area contributed by atoms with Gasteiger partial charge in [-0.15, -0.1) is 0 Å². The number of benzene rings is 1. The molecule has 1 aliphatic rings. The summed E-state index contributed by atoms with van der Waals surface area (Å²) in [5.41, 5.74) is 1.33. The van der Waals surface area contributed by atoms with E-state index in [2.05, 4.69) is 0 Å². The smallest absolute Gasteiger partial charge is 0.268 e. The number of nitrogens with zero attached hydrogens (tertiary/aromatic N) is 1. The fraction of sp³-hybridized carbons (Fsp3) is 0.214. The van der Waals surface area contributed by atoms with Crippen molar-refractivity contribution in [1.29, 1.82) is 0 Å². The summed E-state index contributed by atoms with van der Waals surface area (Å²) in [4.78, 5) is 26.3. The van der Waals surface area contributed by atoms with Crippen LogP contribution in [0.1, 0.15) is 30.6 Å². The minimum Gasteiger partial charge on any atom is -0.268 e. The van der Waals surface area contributed by atoms with Crippen LogP contribution < -0.4 is 0 Å². The molecule has 1 aromatic rings. The Kier molecular flexibility index (Phi) is 4.62. The molecule has 6 heteroatoms. The van der Waals surface area contributed by atoms with Gasteiger partial charge in [-0.1, -0.05) is 48.1 Å². The third kappa shape index (κ3) is 2.80. The molecule has 0 N–H and O–H groups in total. The van der Waals surface area contributed by atoms with E-state index in [1.54, 1.807) is 24.3 Å². The molecule has 1 heterocycles. The largest absolute Gasteiger partial charge is 0.273 e. The average Bonchev–Trinajstić information content (AvgIpc) is 2.73. The maximum absolute atomic E-state index is 12.4. The van der Waals surface area contributed by atoms with Gasteiger partial charge in [-0.3, -0.25) is 9.59 Å². The van der Waals surface area contributed by atoms with E-state index >= 15 is 0 Å². The number of amides is 2. The molecular weight excluding hydrogens is 314 g/mol. The van der Waals surface area contributed by atoms with Crippen LogP contribution in [0.3, 0.4) is 0 Å². The lowest BCUT2D eigenvalue weighted by atomic mass is 10.2. The third-order valence-electron chi connectivity index (χ3n) is 2.98. The fourth-order valence-corrected chi connectivity index (χ4v) is 3.16. The monoisotopic (exact) mass is 325 g/mol. The predicted octanol–water partition coefficient (Wildman–Crippen LogP) is 4.02. The van der Waals surface area contributed by atoms with E-state index < -0.39 is 5.91 Å². The molecule has 0 saturated carbocycles. The second-order valence-corrected chi connectivity index (χ2v) is 6.36. The van der Waals surface area contributed by atoms with Gasteiger partial charge in [0.1, 0.15) is 0 Å². The van der Waals surface area contributed by atoms with Gasteiger partial charge in [0, 0.05) is 10.6 Å². The van der Waals surface area contributed by atoms with Gasteiger partial charge in [-0.25, -0.2) is 4.90 Å². The second kappa shape index (κ2) is 6.08. The predicted molar refractivity (Wildman–Crippen MR) is 85.8 cm³/mol. The summed E-state index contributed by atoms with van der Waals surface area (Å²) < 4.78 is 0.276. The van der Waals surface area contributed by atoms with Crippen molar-refractivity contribution >= 4 is 51.7 Å². The standard InChI is InChI=1S/C14H12ClNO2S2/c1-3-8(2)11-13(18)16(14(19)20-11)12(17)9-4-6-10(15)7-5-9/h4-7H,3H2,1-2H3. The third-order valence-corrected chi connectivity index (χ3v) is 4.75. The molecule has 3 nitrogen and oxygen atoms in total. The van der Waals surface area contributed by atoms with Crippen LogP contribution in [0.2, 0.25) is 5.02 Å². The quantitative estimate of drug-likeness (QED) is 0.467. The number of carbonyl (C=O) groups excluding carboxylic acids is 2. The highest BCUT2D eigenvalue weighted by Crippen LogP contribution is 2.35. The van der Waals surface area contributed by atoms with Crippen LogP contribution in [-0.4, -0.2) is 21.0 Å². The van der Waals surface area contributed by atoms with Gasteiger partial charge in [0.05, 0.1) is 4.91 Å². The molecule has 0 aliphatic carbocycles. The van der Waals surface area contributed by atoms with Crippen molar-refractivity contribution < 1.29 is 9.59 Å². The Bertz CT molecular complexity index is 623. The Morgan fingerprint density at radius 2 is 1.95 bits per heavy atom. The summed E-state index contributed by atoms with van der Waals surface area (Å²) in [6.07, 6.45) is 0.750. The molecular formula is C14H12ClNO2S2. The summed E-state index contributed by atoms with van der Waals surface area (Å²) in [5, 5.41) is 0.536. The first-order valence-electron chi connectivity index (χ1n) is 6.01. The number of hydrogen-bond donors (Lipinski definition) is 0. The minimum atomic E-state index is -0.414. The number of thioether (sulfide) groups is 1. The van der Waals surface area contributed by atoms with Gasteiger partial charge in [0.15, 0.2) is 4.32 Å². The summed E-state index contributed by atoms with van der Waals surface area (Å²) >= 11 is 12.1. The minimum absolute atomic E-state index is 0.276. The normalized spacial score (nSPS) is 17.6. The zero-order chi connectivity index (χ0) is 14.9. The van der Waals surface area contributed by atoms with E-state index in [-0.39, 0.29) is 10.2 Å². The van der Waals surface area contributed by atoms with E-state index in [1.807, 2.05) is 13.8 Å². The van der Waals surface area contributed by atoms with E-state index in [9.17, 15) is 9.59 Å². The van der Waals surface area contributed by atoms with Crippen LogP contribution in [0, 0.1) is 0 Å². The van der Waals surface area contributed by atoms with Crippen molar-refractivity contribution in [3.8, 4) is 0 Å². The molecule has 104 valence electrons.